The van der Waals surface area contributed by atoms with Crippen molar-refractivity contribution in [3.8, 4) is 0 Å². The summed E-state index contributed by atoms with van der Waals surface area (Å²) in [6.07, 6.45) is 2.42. The van der Waals surface area contributed by atoms with Crippen LogP contribution in [0.5, 0.6) is 0 Å². The fourth-order valence-corrected chi connectivity index (χ4v) is 3.78. The predicted molar refractivity (Wildman–Crippen MR) is 93.0 cm³/mol. The Hall–Kier alpha value is -1.43. The molecular weight excluding hydrogens is 302 g/mol. The van der Waals surface area contributed by atoms with Gasteiger partial charge in [-0.25, -0.2) is 0 Å². The molecule has 1 aromatic rings. The third kappa shape index (κ3) is 4.79. The first-order valence-corrected chi connectivity index (χ1v) is 9.34. The zero-order valence-electron chi connectivity index (χ0n) is 14.7. The second-order valence-corrected chi connectivity index (χ2v) is 7.17. The van der Waals surface area contributed by atoms with E-state index in [1.54, 1.807) is 4.90 Å². The highest BCUT2D eigenvalue weighted by Crippen LogP contribution is 2.10. The van der Waals surface area contributed by atoms with Crippen LogP contribution in [0, 0.1) is 0 Å². The first-order valence-electron chi connectivity index (χ1n) is 9.34. The molecule has 0 unspecified atom stereocenters. The molecule has 1 amide bonds. The van der Waals surface area contributed by atoms with Gasteiger partial charge in [0.25, 0.3) is 5.91 Å². The summed E-state index contributed by atoms with van der Waals surface area (Å²) in [5.74, 6) is 0.173. The molecule has 132 valence electrons. The molecule has 2 heterocycles. The Bertz CT molecular complexity index is 509. The van der Waals surface area contributed by atoms with Crippen molar-refractivity contribution < 1.29 is 19.3 Å². The van der Waals surface area contributed by atoms with E-state index >= 15 is 0 Å². The second kappa shape index (κ2) is 8.60. The molecule has 0 saturated carbocycles. The van der Waals surface area contributed by atoms with Gasteiger partial charge in [0.2, 0.25) is 0 Å². The van der Waals surface area contributed by atoms with Gasteiger partial charge in [-0.15, -0.1) is 0 Å². The quantitative estimate of drug-likeness (QED) is 0.603. The van der Waals surface area contributed by atoms with Crippen LogP contribution < -0.4 is 15.1 Å². The van der Waals surface area contributed by atoms with Gasteiger partial charge < -0.3 is 19.9 Å². The number of hydrogen-bond acceptors (Lipinski definition) is 2. The largest absolute Gasteiger partial charge is 0.376 e. The monoisotopic (exact) mass is 333 g/mol. The molecule has 5 heteroatoms. The van der Waals surface area contributed by atoms with E-state index in [4.69, 9.17) is 4.74 Å². The van der Waals surface area contributed by atoms with E-state index in [9.17, 15) is 4.79 Å². The molecule has 5 nitrogen and oxygen atoms in total. The molecule has 0 aliphatic carbocycles. The van der Waals surface area contributed by atoms with Gasteiger partial charge in [0.05, 0.1) is 6.10 Å². The maximum atomic E-state index is 12.4. The Labute approximate surface area is 145 Å². The van der Waals surface area contributed by atoms with Crippen molar-refractivity contribution in [2.45, 2.75) is 38.5 Å². The van der Waals surface area contributed by atoms with E-state index in [2.05, 4.69) is 42.6 Å². The number of carbonyl (C=O) groups excluding carboxylic acids is 1. The van der Waals surface area contributed by atoms with Crippen LogP contribution in [0.4, 0.5) is 0 Å². The van der Waals surface area contributed by atoms with Crippen LogP contribution in [0.15, 0.2) is 30.3 Å². The Morgan fingerprint density at radius 1 is 1.25 bits per heavy atom. The maximum absolute atomic E-state index is 12.4. The molecule has 0 spiro atoms. The van der Waals surface area contributed by atoms with Gasteiger partial charge in [-0.2, -0.15) is 0 Å². The molecule has 3 N–H and O–H groups in total. The average molecular weight is 333 g/mol. The summed E-state index contributed by atoms with van der Waals surface area (Å²) in [7, 11) is 0. The van der Waals surface area contributed by atoms with E-state index in [1.165, 1.54) is 10.5 Å². The second-order valence-electron chi connectivity index (χ2n) is 7.17. The Morgan fingerprint density at radius 3 is 2.67 bits per heavy atom. The third-order valence-corrected chi connectivity index (χ3v) is 5.43. The Balaban J connectivity index is 1.39. The maximum Gasteiger partial charge on any atom is 0.278 e. The van der Waals surface area contributed by atoms with Crippen molar-refractivity contribution in [2.75, 3.05) is 39.3 Å². The minimum absolute atomic E-state index is 0.0321. The summed E-state index contributed by atoms with van der Waals surface area (Å²) >= 11 is 0. The van der Waals surface area contributed by atoms with Crippen molar-refractivity contribution in [3.63, 3.8) is 0 Å². The molecule has 0 radical (unpaired) electrons. The molecule has 2 atom stereocenters. The SMILES string of the molecule is C[C@@H](C(=O)NC[C@H]1CCCO1)[NH+]1CC[NH+](Cc2ccccc2)CC1. The van der Waals surface area contributed by atoms with E-state index < -0.39 is 0 Å². The summed E-state index contributed by atoms with van der Waals surface area (Å²) < 4.78 is 5.57. The predicted octanol–water partition coefficient (Wildman–Crippen LogP) is -1.35. The summed E-state index contributed by atoms with van der Waals surface area (Å²) in [4.78, 5) is 15.4. The molecule has 2 fully saturated rings. The van der Waals surface area contributed by atoms with Crippen LogP contribution in [0.1, 0.15) is 25.3 Å². The fourth-order valence-electron chi connectivity index (χ4n) is 3.78. The molecule has 2 aliphatic heterocycles. The smallest absolute Gasteiger partial charge is 0.278 e. The van der Waals surface area contributed by atoms with E-state index in [0.717, 1.165) is 52.2 Å². The van der Waals surface area contributed by atoms with Crippen molar-refractivity contribution in [2.24, 2.45) is 0 Å². The summed E-state index contributed by atoms with van der Waals surface area (Å²) in [5, 5.41) is 3.08. The van der Waals surface area contributed by atoms with Crippen molar-refractivity contribution >= 4 is 5.91 Å². The summed E-state index contributed by atoms with van der Waals surface area (Å²) in [6, 6.07) is 10.7. The van der Waals surface area contributed by atoms with Gasteiger partial charge >= 0.3 is 0 Å². The molecule has 0 aromatic heterocycles. The lowest BCUT2D eigenvalue weighted by atomic mass is 10.1. The molecule has 3 rings (SSSR count). The summed E-state index contributed by atoms with van der Waals surface area (Å²) in [6.45, 7) is 9.06. The van der Waals surface area contributed by atoms with Gasteiger partial charge in [0.15, 0.2) is 6.04 Å². The number of piperazine rings is 1. The zero-order valence-corrected chi connectivity index (χ0v) is 14.7. The fraction of sp³-hybridized carbons (Fsp3) is 0.632. The zero-order chi connectivity index (χ0) is 16.8. The molecular formula is C19H31N3O2+2. The van der Waals surface area contributed by atoms with Crippen molar-refractivity contribution in [1.29, 1.82) is 0 Å². The average Bonchev–Trinajstić information content (AvgIpc) is 3.14. The van der Waals surface area contributed by atoms with Crippen LogP contribution in [0.25, 0.3) is 0 Å². The number of benzene rings is 1. The first-order chi connectivity index (χ1) is 11.7. The van der Waals surface area contributed by atoms with Crippen molar-refractivity contribution in [3.05, 3.63) is 35.9 Å². The number of ether oxygens (including phenoxy) is 1. The lowest BCUT2D eigenvalue weighted by molar-refractivity contribution is -1.02. The van der Waals surface area contributed by atoms with Gasteiger partial charge in [-0.3, -0.25) is 4.79 Å². The highest BCUT2D eigenvalue weighted by atomic mass is 16.5. The number of hydrogen-bond donors (Lipinski definition) is 3. The molecule has 2 aliphatic rings. The normalized spacial score (nSPS) is 28.5. The van der Waals surface area contributed by atoms with Crippen molar-refractivity contribution in [1.82, 2.24) is 5.32 Å². The van der Waals surface area contributed by atoms with Crippen LogP contribution in [0.2, 0.25) is 0 Å². The van der Waals surface area contributed by atoms with E-state index in [-0.39, 0.29) is 18.1 Å². The number of carbonyl (C=O) groups is 1. The van der Waals surface area contributed by atoms with Crippen LogP contribution in [-0.4, -0.2) is 57.4 Å². The number of quaternary nitrogens is 2. The topological polar surface area (TPSA) is 47.2 Å². The molecule has 2 saturated heterocycles. The number of amides is 1. The Kier molecular flexibility index (Phi) is 6.24. The third-order valence-electron chi connectivity index (χ3n) is 5.43. The molecule has 0 bridgehead atoms. The lowest BCUT2D eigenvalue weighted by Gasteiger charge is -2.32. The van der Waals surface area contributed by atoms with Crippen LogP contribution in [-0.2, 0) is 16.1 Å². The van der Waals surface area contributed by atoms with Gasteiger partial charge in [-0.05, 0) is 19.8 Å². The number of rotatable bonds is 6. The Morgan fingerprint density at radius 2 is 2.00 bits per heavy atom. The van der Waals surface area contributed by atoms with Crippen LogP contribution in [0.3, 0.4) is 0 Å². The van der Waals surface area contributed by atoms with Crippen LogP contribution >= 0.6 is 0 Å². The first kappa shape index (κ1) is 17.4. The molecule has 24 heavy (non-hydrogen) atoms. The van der Waals surface area contributed by atoms with E-state index in [0.29, 0.717) is 6.54 Å². The number of nitrogens with one attached hydrogen (secondary N) is 3. The minimum Gasteiger partial charge on any atom is -0.376 e. The highest BCUT2D eigenvalue weighted by Gasteiger charge is 2.31. The summed E-state index contributed by atoms with van der Waals surface area (Å²) in [5.41, 5.74) is 1.40. The van der Waals surface area contributed by atoms with E-state index in [1.807, 2.05) is 0 Å². The lowest BCUT2D eigenvalue weighted by Crippen LogP contribution is -3.29. The van der Waals surface area contributed by atoms with Gasteiger partial charge in [0, 0.05) is 18.7 Å². The van der Waals surface area contributed by atoms with Gasteiger partial charge in [0.1, 0.15) is 32.7 Å². The standard InChI is InChI=1S/C19H29N3O2/c1-16(19(23)20-14-18-8-5-13-24-18)22-11-9-21(10-12-22)15-17-6-3-2-4-7-17/h2-4,6-7,16,18H,5,8-15H2,1H3,(H,20,23)/p+2/t16-,18+/m0/s1. The van der Waals surface area contributed by atoms with Gasteiger partial charge in [-0.1, -0.05) is 30.3 Å². The molecule has 1 aromatic carbocycles. The highest BCUT2D eigenvalue weighted by molar-refractivity contribution is 5.79. The minimum atomic E-state index is 0.0321.